The largest absolute Gasteiger partial charge is 0.448 e. The second-order valence-electron chi connectivity index (χ2n) is 10.8. The highest BCUT2D eigenvalue weighted by Gasteiger charge is 2.37. The molecular formula is C30H30F2N4O4S. The third-order valence-electron chi connectivity index (χ3n) is 6.54. The molecule has 1 fully saturated rings. The van der Waals surface area contributed by atoms with Crippen LogP contribution in [0, 0.1) is 18.6 Å². The van der Waals surface area contributed by atoms with Gasteiger partial charge in [0.2, 0.25) is 0 Å². The summed E-state index contributed by atoms with van der Waals surface area (Å²) in [5.74, 6) is -0.653. The third kappa shape index (κ3) is 6.62. The van der Waals surface area contributed by atoms with Crippen LogP contribution >= 0.6 is 11.3 Å². The van der Waals surface area contributed by atoms with E-state index >= 15 is 0 Å². The van der Waals surface area contributed by atoms with Crippen LogP contribution in [0.2, 0.25) is 0 Å². The predicted molar refractivity (Wildman–Crippen MR) is 150 cm³/mol. The summed E-state index contributed by atoms with van der Waals surface area (Å²) in [7, 11) is 0. The summed E-state index contributed by atoms with van der Waals surface area (Å²) >= 11 is 1.36. The van der Waals surface area contributed by atoms with Crippen molar-refractivity contribution in [1.29, 1.82) is 0 Å². The standard InChI is InChI=1S/C30H30F2N4O4S/c1-18-33-26(27(41-18)20-7-11-22(32)12-8-20)28(37)36-14-13-35(29(38)40-30(2,3)4)16-23(36)15-25-34-24(17-39-25)19-5-9-21(31)10-6-19/h5-12,17,23H,13-16H2,1-4H3/t23-/m0/s1. The zero-order chi connectivity index (χ0) is 29.3. The maximum absolute atomic E-state index is 14.0. The molecule has 0 unspecified atom stereocenters. The Labute approximate surface area is 240 Å². The number of rotatable bonds is 5. The molecular weight excluding hydrogens is 550 g/mol. The van der Waals surface area contributed by atoms with Crippen molar-refractivity contribution in [3.63, 3.8) is 0 Å². The Morgan fingerprint density at radius 3 is 2.27 bits per heavy atom. The number of aromatic nitrogens is 2. The van der Waals surface area contributed by atoms with Crippen molar-refractivity contribution in [2.45, 2.75) is 45.8 Å². The van der Waals surface area contributed by atoms with Crippen LogP contribution < -0.4 is 0 Å². The van der Waals surface area contributed by atoms with Gasteiger partial charge in [0, 0.05) is 31.6 Å². The van der Waals surface area contributed by atoms with E-state index in [2.05, 4.69) is 9.97 Å². The number of oxazole rings is 1. The summed E-state index contributed by atoms with van der Waals surface area (Å²) in [6.07, 6.45) is 1.24. The lowest BCUT2D eigenvalue weighted by Crippen LogP contribution is -2.58. The summed E-state index contributed by atoms with van der Waals surface area (Å²) in [4.78, 5) is 40.0. The molecule has 2 amide bonds. The highest BCUT2D eigenvalue weighted by atomic mass is 32.1. The van der Waals surface area contributed by atoms with Gasteiger partial charge in [-0.1, -0.05) is 12.1 Å². The Morgan fingerprint density at radius 2 is 1.63 bits per heavy atom. The molecule has 41 heavy (non-hydrogen) atoms. The van der Waals surface area contributed by atoms with Crippen molar-refractivity contribution in [2.24, 2.45) is 0 Å². The number of hydrogen-bond acceptors (Lipinski definition) is 7. The number of carbonyl (C=O) groups excluding carboxylic acids is 2. The number of benzene rings is 2. The minimum absolute atomic E-state index is 0.198. The number of halogens is 2. The summed E-state index contributed by atoms with van der Waals surface area (Å²) in [6.45, 7) is 7.93. The SMILES string of the molecule is Cc1nc(C(=O)N2CCN(C(=O)OC(C)(C)C)C[C@@H]2Cc2nc(-c3ccc(F)cc3)co2)c(-c2ccc(F)cc2)s1. The molecule has 8 nitrogen and oxygen atoms in total. The minimum atomic E-state index is -0.672. The molecule has 214 valence electrons. The summed E-state index contributed by atoms with van der Waals surface area (Å²) in [5.41, 5.74) is 1.52. The lowest BCUT2D eigenvalue weighted by atomic mass is 10.1. The molecule has 0 spiro atoms. The van der Waals surface area contributed by atoms with E-state index in [1.54, 1.807) is 54.8 Å². The van der Waals surface area contributed by atoms with Gasteiger partial charge < -0.3 is 19.0 Å². The van der Waals surface area contributed by atoms with Crippen molar-refractivity contribution in [3.8, 4) is 21.7 Å². The van der Waals surface area contributed by atoms with Crippen LogP contribution in [0.1, 0.15) is 42.2 Å². The summed E-state index contributed by atoms with van der Waals surface area (Å²) in [6, 6.07) is 11.4. The van der Waals surface area contributed by atoms with Crippen molar-refractivity contribution in [1.82, 2.24) is 19.8 Å². The monoisotopic (exact) mass is 580 g/mol. The molecule has 1 atom stereocenters. The van der Waals surface area contributed by atoms with Crippen LogP contribution in [-0.4, -0.2) is 63.0 Å². The molecule has 11 heteroatoms. The molecule has 3 heterocycles. The van der Waals surface area contributed by atoms with E-state index < -0.39 is 17.7 Å². The van der Waals surface area contributed by atoms with Crippen LogP contribution in [0.5, 0.6) is 0 Å². The number of aryl methyl sites for hydroxylation is 1. The first kappa shape index (κ1) is 28.4. The van der Waals surface area contributed by atoms with Gasteiger partial charge in [-0.05, 0) is 69.7 Å². The third-order valence-corrected chi connectivity index (χ3v) is 7.56. The van der Waals surface area contributed by atoms with Gasteiger partial charge in [-0.15, -0.1) is 11.3 Å². The summed E-state index contributed by atoms with van der Waals surface area (Å²) in [5, 5.41) is 0.702. The number of amides is 2. The predicted octanol–water partition coefficient (Wildman–Crippen LogP) is 6.36. The van der Waals surface area contributed by atoms with E-state index in [4.69, 9.17) is 9.15 Å². The Balaban J connectivity index is 1.43. The normalized spacial score (nSPS) is 15.7. The van der Waals surface area contributed by atoms with Crippen molar-refractivity contribution < 1.29 is 27.5 Å². The van der Waals surface area contributed by atoms with Gasteiger partial charge in [0.05, 0.1) is 15.9 Å². The first-order valence-electron chi connectivity index (χ1n) is 13.2. The van der Waals surface area contributed by atoms with E-state index in [-0.39, 0.29) is 49.3 Å². The zero-order valence-corrected chi connectivity index (χ0v) is 24.0. The zero-order valence-electron chi connectivity index (χ0n) is 23.2. The molecule has 0 bridgehead atoms. The Morgan fingerprint density at radius 1 is 1.00 bits per heavy atom. The fourth-order valence-corrected chi connectivity index (χ4v) is 5.57. The average Bonchev–Trinajstić information content (AvgIpc) is 3.55. The second-order valence-corrected chi connectivity index (χ2v) is 12.0. The van der Waals surface area contributed by atoms with Crippen LogP contribution in [-0.2, 0) is 11.2 Å². The van der Waals surface area contributed by atoms with Gasteiger partial charge in [-0.25, -0.2) is 23.5 Å². The van der Waals surface area contributed by atoms with Gasteiger partial charge >= 0.3 is 6.09 Å². The molecule has 1 saturated heterocycles. The second kappa shape index (κ2) is 11.4. The molecule has 0 radical (unpaired) electrons. The maximum atomic E-state index is 14.0. The molecule has 1 aliphatic rings. The average molecular weight is 581 g/mol. The first-order valence-corrected chi connectivity index (χ1v) is 14.0. The Kier molecular flexibility index (Phi) is 7.90. The minimum Gasteiger partial charge on any atom is -0.448 e. The van der Waals surface area contributed by atoms with Crippen molar-refractivity contribution in [3.05, 3.63) is 83.0 Å². The number of nitrogens with zero attached hydrogens (tertiary/aromatic N) is 4. The van der Waals surface area contributed by atoms with Gasteiger partial charge in [-0.2, -0.15) is 0 Å². The van der Waals surface area contributed by atoms with Gasteiger partial charge in [0.1, 0.15) is 34.9 Å². The quantitative estimate of drug-likeness (QED) is 0.273. The highest BCUT2D eigenvalue weighted by Crippen LogP contribution is 2.32. The smallest absolute Gasteiger partial charge is 0.410 e. The topological polar surface area (TPSA) is 88.8 Å². The Hall–Kier alpha value is -4.12. The van der Waals surface area contributed by atoms with Crippen LogP contribution in [0.4, 0.5) is 13.6 Å². The van der Waals surface area contributed by atoms with Gasteiger partial charge in [0.25, 0.3) is 5.91 Å². The number of hydrogen-bond donors (Lipinski definition) is 0. The fraction of sp³-hybridized carbons (Fsp3) is 0.333. The van der Waals surface area contributed by atoms with Gasteiger partial charge in [-0.3, -0.25) is 4.79 Å². The van der Waals surface area contributed by atoms with E-state index in [1.807, 2.05) is 6.92 Å². The van der Waals surface area contributed by atoms with Crippen LogP contribution in [0.15, 0.2) is 59.2 Å². The van der Waals surface area contributed by atoms with Crippen molar-refractivity contribution >= 4 is 23.3 Å². The number of thiazole rings is 1. The molecule has 5 rings (SSSR count). The lowest BCUT2D eigenvalue weighted by Gasteiger charge is -2.41. The van der Waals surface area contributed by atoms with Gasteiger partial charge in [0.15, 0.2) is 5.89 Å². The lowest BCUT2D eigenvalue weighted by molar-refractivity contribution is 0.00368. The molecule has 0 saturated carbocycles. The maximum Gasteiger partial charge on any atom is 0.410 e. The van der Waals surface area contributed by atoms with E-state index in [9.17, 15) is 18.4 Å². The van der Waals surface area contributed by atoms with Crippen LogP contribution in [0.3, 0.4) is 0 Å². The number of carbonyl (C=O) groups is 2. The van der Waals surface area contributed by atoms with E-state index in [1.165, 1.54) is 41.9 Å². The molecule has 2 aromatic heterocycles. The van der Waals surface area contributed by atoms with Crippen LogP contribution in [0.25, 0.3) is 21.7 Å². The highest BCUT2D eigenvalue weighted by molar-refractivity contribution is 7.15. The molecule has 0 N–H and O–H groups in total. The first-order chi connectivity index (χ1) is 19.5. The molecule has 2 aromatic carbocycles. The summed E-state index contributed by atoms with van der Waals surface area (Å²) < 4.78 is 38.3. The molecule has 1 aliphatic heterocycles. The molecule has 4 aromatic rings. The fourth-order valence-electron chi connectivity index (χ4n) is 4.65. The van der Waals surface area contributed by atoms with Crippen molar-refractivity contribution in [2.75, 3.05) is 19.6 Å². The van der Waals surface area contributed by atoms with E-state index in [0.717, 1.165) is 0 Å². The number of piperazine rings is 1. The Bertz CT molecular complexity index is 1540. The number of ether oxygens (including phenoxy) is 1. The van der Waals surface area contributed by atoms with E-state index in [0.29, 0.717) is 32.6 Å². The molecule has 0 aliphatic carbocycles.